The predicted molar refractivity (Wildman–Crippen MR) is 70.9 cm³/mol. The summed E-state index contributed by atoms with van der Waals surface area (Å²) in [6.45, 7) is 6.09. The maximum Gasteiger partial charge on any atom is 0.247 e. The van der Waals surface area contributed by atoms with Crippen molar-refractivity contribution in [3.05, 3.63) is 35.7 Å². The molecule has 1 aromatic carbocycles. The van der Waals surface area contributed by atoms with Crippen molar-refractivity contribution in [2.75, 3.05) is 0 Å². The van der Waals surface area contributed by atoms with Crippen molar-refractivity contribution in [1.29, 1.82) is 0 Å². The zero-order valence-corrected chi connectivity index (χ0v) is 11.1. The van der Waals surface area contributed by atoms with Gasteiger partial charge in [-0.2, -0.15) is 4.98 Å². The molecule has 0 atom stereocenters. The Labute approximate surface area is 107 Å². The predicted octanol–water partition coefficient (Wildman–Crippen LogP) is 3.02. The van der Waals surface area contributed by atoms with Crippen LogP contribution in [0, 0.1) is 6.92 Å². The van der Waals surface area contributed by atoms with Crippen LogP contribution in [0.2, 0.25) is 0 Å². The monoisotopic (exact) mass is 245 g/mol. The molecule has 4 nitrogen and oxygen atoms in total. The highest BCUT2D eigenvalue weighted by Crippen LogP contribution is 2.27. The highest BCUT2D eigenvalue weighted by atomic mass is 16.5. The molecule has 0 saturated heterocycles. The van der Waals surface area contributed by atoms with E-state index in [0.29, 0.717) is 11.7 Å². The second-order valence-corrected chi connectivity index (χ2v) is 4.60. The molecule has 0 radical (unpaired) electrons. The first-order chi connectivity index (χ1) is 8.60. The molecule has 0 aliphatic rings. The Morgan fingerprint density at radius 1 is 1.22 bits per heavy atom. The van der Waals surface area contributed by atoms with Crippen molar-refractivity contribution in [3.63, 3.8) is 0 Å². The maximum absolute atomic E-state index is 6.25. The Bertz CT molecular complexity index is 529. The van der Waals surface area contributed by atoms with Crippen LogP contribution in [0.15, 0.2) is 28.8 Å². The second-order valence-electron chi connectivity index (χ2n) is 4.60. The molecule has 2 aromatic rings. The first kappa shape index (κ1) is 12.8. The maximum atomic E-state index is 6.25. The van der Waals surface area contributed by atoms with Gasteiger partial charge in [-0.05, 0) is 25.3 Å². The summed E-state index contributed by atoms with van der Waals surface area (Å²) in [5.41, 5.74) is 7.84. The van der Waals surface area contributed by atoms with Gasteiger partial charge in [-0.15, -0.1) is 0 Å². The topological polar surface area (TPSA) is 64.9 Å². The third kappa shape index (κ3) is 2.16. The first-order valence-corrected chi connectivity index (χ1v) is 6.29. The SMILES string of the molecule is CCC(N)(CC)c1nc(-c2ccccc2C)no1. The Morgan fingerprint density at radius 3 is 2.50 bits per heavy atom. The zero-order valence-electron chi connectivity index (χ0n) is 11.1. The van der Waals surface area contributed by atoms with Crippen LogP contribution in [0.3, 0.4) is 0 Å². The van der Waals surface area contributed by atoms with E-state index in [1.807, 2.05) is 45.0 Å². The molecular weight excluding hydrogens is 226 g/mol. The number of aromatic nitrogens is 2. The second kappa shape index (κ2) is 4.90. The molecule has 1 aromatic heterocycles. The smallest absolute Gasteiger partial charge is 0.247 e. The van der Waals surface area contributed by atoms with Gasteiger partial charge in [-0.3, -0.25) is 0 Å². The lowest BCUT2D eigenvalue weighted by Gasteiger charge is -2.20. The summed E-state index contributed by atoms with van der Waals surface area (Å²) in [4.78, 5) is 4.45. The van der Waals surface area contributed by atoms with Crippen LogP contribution in [-0.4, -0.2) is 10.1 Å². The third-order valence-corrected chi connectivity index (χ3v) is 3.50. The van der Waals surface area contributed by atoms with Crippen LogP contribution >= 0.6 is 0 Å². The summed E-state index contributed by atoms with van der Waals surface area (Å²) in [6, 6.07) is 7.97. The molecule has 18 heavy (non-hydrogen) atoms. The van der Waals surface area contributed by atoms with Gasteiger partial charge >= 0.3 is 0 Å². The van der Waals surface area contributed by atoms with Crippen molar-refractivity contribution in [2.24, 2.45) is 5.73 Å². The van der Waals surface area contributed by atoms with E-state index < -0.39 is 5.54 Å². The van der Waals surface area contributed by atoms with Crippen molar-refractivity contribution in [1.82, 2.24) is 10.1 Å². The number of nitrogens with zero attached hydrogens (tertiary/aromatic N) is 2. The molecule has 0 aliphatic heterocycles. The number of aryl methyl sites for hydroxylation is 1. The Kier molecular flexibility index (Phi) is 3.48. The van der Waals surface area contributed by atoms with Crippen LogP contribution in [0.25, 0.3) is 11.4 Å². The van der Waals surface area contributed by atoms with Crippen molar-refractivity contribution < 1.29 is 4.52 Å². The minimum atomic E-state index is -0.520. The molecule has 1 heterocycles. The van der Waals surface area contributed by atoms with E-state index in [1.54, 1.807) is 0 Å². The normalized spacial score (nSPS) is 11.8. The summed E-state index contributed by atoms with van der Waals surface area (Å²) in [6.07, 6.45) is 1.55. The molecule has 2 N–H and O–H groups in total. The Balaban J connectivity index is 2.40. The quantitative estimate of drug-likeness (QED) is 0.899. The average Bonchev–Trinajstić information content (AvgIpc) is 2.88. The molecule has 0 bridgehead atoms. The van der Waals surface area contributed by atoms with Gasteiger partial charge in [0, 0.05) is 5.56 Å². The standard InChI is InChI=1S/C14H19N3O/c1-4-14(15,5-2)13-16-12(17-18-13)11-9-7-6-8-10(11)3/h6-9H,4-5,15H2,1-3H3. The van der Waals surface area contributed by atoms with Gasteiger partial charge in [0.2, 0.25) is 11.7 Å². The van der Waals surface area contributed by atoms with Gasteiger partial charge in [0.25, 0.3) is 0 Å². The van der Waals surface area contributed by atoms with Crippen LogP contribution in [0.5, 0.6) is 0 Å². The van der Waals surface area contributed by atoms with E-state index in [4.69, 9.17) is 10.3 Å². The summed E-state index contributed by atoms with van der Waals surface area (Å²) < 4.78 is 5.33. The van der Waals surface area contributed by atoms with E-state index in [1.165, 1.54) is 0 Å². The molecule has 4 heteroatoms. The highest BCUT2D eigenvalue weighted by Gasteiger charge is 2.30. The van der Waals surface area contributed by atoms with Crippen LogP contribution in [0.1, 0.15) is 38.1 Å². The number of hydrogen-bond donors (Lipinski definition) is 1. The molecule has 0 unspecified atom stereocenters. The first-order valence-electron chi connectivity index (χ1n) is 6.29. The van der Waals surface area contributed by atoms with Gasteiger partial charge in [0.1, 0.15) is 0 Å². The molecule has 0 fully saturated rings. The summed E-state index contributed by atoms with van der Waals surface area (Å²) in [5.74, 6) is 1.13. The molecule has 0 spiro atoms. The molecule has 0 amide bonds. The van der Waals surface area contributed by atoms with Crippen molar-refractivity contribution >= 4 is 0 Å². The van der Waals surface area contributed by atoms with Gasteiger partial charge < -0.3 is 10.3 Å². The van der Waals surface area contributed by atoms with E-state index in [9.17, 15) is 0 Å². The van der Waals surface area contributed by atoms with Crippen LogP contribution in [0.4, 0.5) is 0 Å². The Morgan fingerprint density at radius 2 is 1.89 bits per heavy atom. The van der Waals surface area contributed by atoms with Gasteiger partial charge in [-0.1, -0.05) is 43.3 Å². The van der Waals surface area contributed by atoms with Gasteiger partial charge in [0.05, 0.1) is 5.54 Å². The number of rotatable bonds is 4. The van der Waals surface area contributed by atoms with Crippen LogP contribution in [-0.2, 0) is 5.54 Å². The summed E-state index contributed by atoms with van der Waals surface area (Å²) in [5, 5.41) is 4.04. The lowest BCUT2D eigenvalue weighted by atomic mass is 9.94. The fraction of sp³-hybridized carbons (Fsp3) is 0.429. The summed E-state index contributed by atoms with van der Waals surface area (Å²) >= 11 is 0. The molecule has 0 aliphatic carbocycles. The van der Waals surface area contributed by atoms with E-state index in [2.05, 4.69) is 10.1 Å². The highest BCUT2D eigenvalue weighted by molar-refractivity contribution is 5.59. The van der Waals surface area contributed by atoms with Crippen molar-refractivity contribution in [3.8, 4) is 11.4 Å². The molecule has 96 valence electrons. The minimum absolute atomic E-state index is 0.519. The molecule has 0 saturated carbocycles. The zero-order chi connectivity index (χ0) is 13.2. The van der Waals surface area contributed by atoms with Gasteiger partial charge in [0.15, 0.2) is 0 Å². The van der Waals surface area contributed by atoms with E-state index in [-0.39, 0.29) is 0 Å². The van der Waals surface area contributed by atoms with Crippen molar-refractivity contribution in [2.45, 2.75) is 39.2 Å². The molecular formula is C14H19N3O. The molecule has 2 rings (SSSR count). The number of nitrogens with two attached hydrogens (primary N) is 1. The Hall–Kier alpha value is -1.68. The largest absolute Gasteiger partial charge is 0.337 e. The summed E-state index contributed by atoms with van der Waals surface area (Å²) in [7, 11) is 0. The third-order valence-electron chi connectivity index (χ3n) is 3.50. The lowest BCUT2D eigenvalue weighted by Crippen LogP contribution is -2.35. The van der Waals surface area contributed by atoms with Crippen LogP contribution < -0.4 is 5.73 Å². The number of hydrogen-bond acceptors (Lipinski definition) is 4. The van der Waals surface area contributed by atoms with E-state index in [0.717, 1.165) is 24.0 Å². The minimum Gasteiger partial charge on any atom is -0.337 e. The fourth-order valence-electron chi connectivity index (χ4n) is 1.91. The van der Waals surface area contributed by atoms with Gasteiger partial charge in [-0.25, -0.2) is 0 Å². The van der Waals surface area contributed by atoms with E-state index >= 15 is 0 Å². The lowest BCUT2D eigenvalue weighted by molar-refractivity contribution is 0.268. The number of benzene rings is 1. The fourth-order valence-corrected chi connectivity index (χ4v) is 1.91. The average molecular weight is 245 g/mol.